The first kappa shape index (κ1) is 15.3. The van der Waals surface area contributed by atoms with E-state index in [-0.39, 0.29) is 11.9 Å². The summed E-state index contributed by atoms with van der Waals surface area (Å²) in [6, 6.07) is 12.3. The standard InChI is InChI=1S/C17H20FNO2/c1-12(19-2)13-4-9-17(20-3)14(10-13)11-21-16-7-5-15(18)6-8-16/h4-10,12,19H,11H2,1-3H3. The van der Waals surface area contributed by atoms with Gasteiger partial charge in [0.2, 0.25) is 0 Å². The third-order valence-electron chi connectivity index (χ3n) is 3.45. The van der Waals surface area contributed by atoms with Crippen molar-refractivity contribution >= 4 is 0 Å². The highest BCUT2D eigenvalue weighted by atomic mass is 19.1. The maximum absolute atomic E-state index is 12.9. The van der Waals surface area contributed by atoms with Crippen LogP contribution >= 0.6 is 0 Å². The van der Waals surface area contributed by atoms with Crippen molar-refractivity contribution in [3.63, 3.8) is 0 Å². The van der Waals surface area contributed by atoms with Gasteiger partial charge >= 0.3 is 0 Å². The van der Waals surface area contributed by atoms with Gasteiger partial charge in [-0.2, -0.15) is 0 Å². The number of benzene rings is 2. The van der Waals surface area contributed by atoms with Crippen molar-refractivity contribution in [3.05, 3.63) is 59.4 Å². The SMILES string of the molecule is CNC(C)c1ccc(OC)c(COc2ccc(F)cc2)c1. The van der Waals surface area contributed by atoms with Gasteiger partial charge in [-0.1, -0.05) is 6.07 Å². The van der Waals surface area contributed by atoms with Crippen LogP contribution in [0.3, 0.4) is 0 Å². The van der Waals surface area contributed by atoms with Crippen molar-refractivity contribution < 1.29 is 13.9 Å². The van der Waals surface area contributed by atoms with Crippen LogP contribution in [0.2, 0.25) is 0 Å². The van der Waals surface area contributed by atoms with Crippen LogP contribution in [0.4, 0.5) is 4.39 Å². The van der Waals surface area contributed by atoms with Crippen LogP contribution in [0.25, 0.3) is 0 Å². The average molecular weight is 289 g/mol. The molecular formula is C17H20FNO2. The zero-order valence-corrected chi connectivity index (χ0v) is 12.5. The van der Waals surface area contributed by atoms with Crippen LogP contribution in [0.5, 0.6) is 11.5 Å². The topological polar surface area (TPSA) is 30.5 Å². The van der Waals surface area contributed by atoms with E-state index in [9.17, 15) is 4.39 Å². The van der Waals surface area contributed by atoms with Gasteiger partial charge in [0.05, 0.1) is 7.11 Å². The molecule has 1 N–H and O–H groups in total. The lowest BCUT2D eigenvalue weighted by atomic mass is 10.0. The predicted octanol–water partition coefficient (Wildman–Crippen LogP) is 3.69. The summed E-state index contributed by atoms with van der Waals surface area (Å²) < 4.78 is 23.9. The molecule has 0 spiro atoms. The van der Waals surface area contributed by atoms with Crippen molar-refractivity contribution in [2.75, 3.05) is 14.2 Å². The van der Waals surface area contributed by atoms with Gasteiger partial charge in [0.25, 0.3) is 0 Å². The zero-order chi connectivity index (χ0) is 15.2. The normalized spacial score (nSPS) is 12.0. The highest BCUT2D eigenvalue weighted by molar-refractivity contribution is 5.38. The van der Waals surface area contributed by atoms with Crippen molar-refractivity contribution in [3.8, 4) is 11.5 Å². The number of rotatable bonds is 6. The minimum absolute atomic E-state index is 0.250. The fourth-order valence-electron chi connectivity index (χ4n) is 2.04. The molecule has 0 bridgehead atoms. The molecule has 0 aromatic heterocycles. The Morgan fingerprint density at radius 3 is 2.48 bits per heavy atom. The molecule has 1 atom stereocenters. The van der Waals surface area contributed by atoms with Gasteiger partial charge in [-0.05, 0) is 55.9 Å². The van der Waals surface area contributed by atoms with Crippen LogP contribution < -0.4 is 14.8 Å². The summed E-state index contributed by atoms with van der Waals surface area (Å²) in [6.45, 7) is 2.46. The van der Waals surface area contributed by atoms with E-state index in [1.807, 2.05) is 19.2 Å². The van der Waals surface area contributed by atoms with Crippen LogP contribution in [0.15, 0.2) is 42.5 Å². The second-order valence-electron chi connectivity index (χ2n) is 4.82. The van der Waals surface area contributed by atoms with Gasteiger partial charge < -0.3 is 14.8 Å². The fraction of sp³-hybridized carbons (Fsp3) is 0.294. The van der Waals surface area contributed by atoms with Crippen molar-refractivity contribution in [1.29, 1.82) is 0 Å². The lowest BCUT2D eigenvalue weighted by Crippen LogP contribution is -2.13. The molecule has 0 radical (unpaired) electrons. The molecule has 0 amide bonds. The van der Waals surface area contributed by atoms with E-state index in [4.69, 9.17) is 9.47 Å². The van der Waals surface area contributed by atoms with Gasteiger partial charge in [0, 0.05) is 11.6 Å². The molecular weight excluding hydrogens is 269 g/mol. The number of halogens is 1. The third kappa shape index (κ3) is 3.95. The van der Waals surface area contributed by atoms with Gasteiger partial charge in [-0.25, -0.2) is 4.39 Å². The van der Waals surface area contributed by atoms with Crippen LogP contribution in [-0.2, 0) is 6.61 Å². The Hall–Kier alpha value is -2.07. The van der Waals surface area contributed by atoms with Crippen LogP contribution in [0.1, 0.15) is 24.1 Å². The van der Waals surface area contributed by atoms with E-state index in [0.717, 1.165) is 16.9 Å². The molecule has 2 aromatic rings. The lowest BCUT2D eigenvalue weighted by Gasteiger charge is -2.15. The first-order chi connectivity index (χ1) is 10.1. The Morgan fingerprint density at radius 1 is 1.14 bits per heavy atom. The Bertz CT molecular complexity index is 584. The Balaban J connectivity index is 2.15. The van der Waals surface area contributed by atoms with E-state index >= 15 is 0 Å². The molecule has 4 heteroatoms. The Labute approximate surface area is 124 Å². The summed E-state index contributed by atoms with van der Waals surface area (Å²) in [5.41, 5.74) is 2.12. The first-order valence-electron chi connectivity index (χ1n) is 6.86. The van der Waals surface area contributed by atoms with Crippen LogP contribution in [-0.4, -0.2) is 14.2 Å². The number of ether oxygens (including phenoxy) is 2. The summed E-state index contributed by atoms with van der Waals surface area (Å²) in [6.07, 6.45) is 0. The maximum atomic E-state index is 12.9. The molecule has 0 saturated heterocycles. The maximum Gasteiger partial charge on any atom is 0.125 e. The van der Waals surface area contributed by atoms with Gasteiger partial charge in [-0.15, -0.1) is 0 Å². The second-order valence-corrected chi connectivity index (χ2v) is 4.82. The fourth-order valence-corrected chi connectivity index (χ4v) is 2.04. The summed E-state index contributed by atoms with van der Waals surface area (Å²) in [5.74, 6) is 1.14. The molecule has 0 heterocycles. The third-order valence-corrected chi connectivity index (χ3v) is 3.45. The number of hydrogen-bond acceptors (Lipinski definition) is 3. The lowest BCUT2D eigenvalue weighted by molar-refractivity contribution is 0.296. The van der Waals surface area contributed by atoms with E-state index in [1.165, 1.54) is 12.1 Å². The monoisotopic (exact) mass is 289 g/mol. The van der Waals surface area contributed by atoms with Gasteiger partial charge in [-0.3, -0.25) is 0 Å². The van der Waals surface area contributed by atoms with Crippen LogP contribution in [0, 0.1) is 5.82 Å². The molecule has 0 saturated carbocycles. The quantitative estimate of drug-likeness (QED) is 0.879. The Kier molecular flexibility index (Phi) is 5.17. The minimum atomic E-state index is -0.273. The predicted molar refractivity (Wildman–Crippen MR) is 81.2 cm³/mol. The average Bonchev–Trinajstić information content (AvgIpc) is 2.53. The molecule has 21 heavy (non-hydrogen) atoms. The second kappa shape index (κ2) is 7.09. The van der Waals surface area contributed by atoms with Crippen molar-refractivity contribution in [2.45, 2.75) is 19.6 Å². The highest BCUT2D eigenvalue weighted by Crippen LogP contribution is 2.25. The Morgan fingerprint density at radius 2 is 1.86 bits per heavy atom. The van der Waals surface area contributed by atoms with Crippen molar-refractivity contribution in [2.24, 2.45) is 0 Å². The molecule has 0 fully saturated rings. The van der Waals surface area contributed by atoms with E-state index in [0.29, 0.717) is 12.4 Å². The summed E-state index contributed by atoms with van der Waals surface area (Å²) in [7, 11) is 3.56. The molecule has 2 aromatic carbocycles. The molecule has 2 rings (SSSR count). The number of hydrogen-bond donors (Lipinski definition) is 1. The molecule has 0 aliphatic heterocycles. The molecule has 1 unspecified atom stereocenters. The summed E-state index contributed by atoms with van der Waals surface area (Å²) >= 11 is 0. The largest absolute Gasteiger partial charge is 0.496 e. The molecule has 0 aliphatic carbocycles. The van der Waals surface area contributed by atoms with E-state index in [2.05, 4.69) is 18.3 Å². The van der Waals surface area contributed by atoms with E-state index in [1.54, 1.807) is 19.2 Å². The number of nitrogens with one attached hydrogen (secondary N) is 1. The van der Waals surface area contributed by atoms with E-state index < -0.39 is 0 Å². The summed E-state index contributed by atoms with van der Waals surface area (Å²) in [4.78, 5) is 0. The van der Waals surface area contributed by atoms with Gasteiger partial charge in [0.1, 0.15) is 23.9 Å². The molecule has 0 aliphatic rings. The summed E-state index contributed by atoms with van der Waals surface area (Å²) in [5, 5.41) is 3.20. The van der Waals surface area contributed by atoms with Gasteiger partial charge in [0.15, 0.2) is 0 Å². The smallest absolute Gasteiger partial charge is 0.125 e. The first-order valence-corrected chi connectivity index (χ1v) is 6.86. The molecule has 112 valence electrons. The molecule has 3 nitrogen and oxygen atoms in total. The van der Waals surface area contributed by atoms with Crippen molar-refractivity contribution in [1.82, 2.24) is 5.32 Å². The zero-order valence-electron chi connectivity index (χ0n) is 12.5. The number of methoxy groups -OCH3 is 1. The highest BCUT2D eigenvalue weighted by Gasteiger charge is 2.09. The minimum Gasteiger partial charge on any atom is -0.496 e.